The predicted molar refractivity (Wildman–Crippen MR) is 140 cm³/mol. The number of fused-ring (bicyclic) bond motifs is 5. The fourth-order valence-electron chi connectivity index (χ4n) is 9.63. The molecule has 0 aliphatic heterocycles. The lowest BCUT2D eigenvalue weighted by atomic mass is 9.38. The first-order valence-corrected chi connectivity index (χ1v) is 13.9. The summed E-state index contributed by atoms with van der Waals surface area (Å²) in [5.41, 5.74) is 1.31. The standard InChI is InChI=1S/C31H52O3/c1-20(11-10-15-27(2,3)33)21-14-16-31(8)26-24(34-9)19-23-22(12-13-25(32)28(23,4)5)29(26,6)17-18-30(21,31)7/h10,15,19-22,24-26,32-33H,11-14,16-18H2,1-9H3/b15-10+/t20-,21?,22?,24?,25+,26?,29+,30-,31+/m1/s1. The van der Waals surface area contributed by atoms with Crippen molar-refractivity contribution in [2.75, 3.05) is 7.11 Å². The first-order chi connectivity index (χ1) is 15.6. The average molecular weight is 473 g/mol. The quantitative estimate of drug-likeness (QED) is 0.427. The molecular formula is C31H52O3. The Morgan fingerprint density at radius 1 is 1.06 bits per heavy atom. The van der Waals surface area contributed by atoms with Crippen LogP contribution in [0.4, 0.5) is 0 Å². The molecule has 0 aromatic rings. The van der Waals surface area contributed by atoms with Crippen LogP contribution in [0.25, 0.3) is 0 Å². The lowest BCUT2D eigenvalue weighted by molar-refractivity contribution is -0.182. The Kier molecular flexibility index (Phi) is 6.57. The summed E-state index contributed by atoms with van der Waals surface area (Å²) in [6.07, 6.45) is 14.6. The number of rotatable bonds is 5. The lowest BCUT2D eigenvalue weighted by Crippen LogP contribution is -2.63. The molecule has 194 valence electrons. The van der Waals surface area contributed by atoms with Crippen LogP contribution in [0.1, 0.15) is 100 Å². The number of allylic oxidation sites excluding steroid dienone is 1. The molecule has 0 heterocycles. The summed E-state index contributed by atoms with van der Waals surface area (Å²) in [5.74, 6) is 2.36. The molecular weight excluding hydrogens is 420 g/mol. The van der Waals surface area contributed by atoms with E-state index in [2.05, 4.69) is 53.7 Å². The number of hydrogen-bond acceptors (Lipinski definition) is 3. The van der Waals surface area contributed by atoms with Gasteiger partial charge in [0.15, 0.2) is 0 Å². The zero-order valence-electron chi connectivity index (χ0n) is 23.4. The molecule has 0 amide bonds. The Morgan fingerprint density at radius 3 is 2.35 bits per heavy atom. The van der Waals surface area contributed by atoms with Gasteiger partial charge in [0, 0.05) is 18.4 Å². The number of ether oxygens (including phenoxy) is 1. The minimum absolute atomic E-state index is 0.120. The van der Waals surface area contributed by atoms with E-state index in [1.54, 1.807) is 0 Å². The lowest BCUT2D eigenvalue weighted by Gasteiger charge is -2.67. The Bertz CT molecular complexity index is 834. The molecule has 3 heteroatoms. The van der Waals surface area contributed by atoms with Crippen molar-refractivity contribution >= 4 is 0 Å². The van der Waals surface area contributed by atoms with Gasteiger partial charge in [-0.05, 0) is 92.8 Å². The highest BCUT2D eigenvalue weighted by Crippen LogP contribution is 2.75. The highest BCUT2D eigenvalue weighted by Gasteiger charge is 2.69. The number of methoxy groups -OCH3 is 1. The molecule has 0 radical (unpaired) electrons. The molecule has 0 spiro atoms. The zero-order chi connectivity index (χ0) is 25.3. The molecule has 4 aliphatic carbocycles. The van der Waals surface area contributed by atoms with Gasteiger partial charge in [-0.1, -0.05) is 65.3 Å². The molecule has 3 fully saturated rings. The van der Waals surface area contributed by atoms with Gasteiger partial charge in [0.05, 0.1) is 17.8 Å². The van der Waals surface area contributed by atoms with Gasteiger partial charge in [-0.15, -0.1) is 0 Å². The van der Waals surface area contributed by atoms with E-state index in [0.29, 0.717) is 29.1 Å². The molecule has 3 nitrogen and oxygen atoms in total. The van der Waals surface area contributed by atoms with Gasteiger partial charge in [0.2, 0.25) is 0 Å². The maximum absolute atomic E-state index is 10.9. The molecule has 34 heavy (non-hydrogen) atoms. The van der Waals surface area contributed by atoms with Gasteiger partial charge >= 0.3 is 0 Å². The minimum Gasteiger partial charge on any atom is -0.392 e. The average Bonchev–Trinajstić information content (AvgIpc) is 3.00. The smallest absolute Gasteiger partial charge is 0.0793 e. The molecule has 4 unspecified atom stereocenters. The first-order valence-electron chi connectivity index (χ1n) is 13.9. The van der Waals surface area contributed by atoms with E-state index in [4.69, 9.17) is 4.74 Å². The Hall–Kier alpha value is -0.640. The fourth-order valence-corrected chi connectivity index (χ4v) is 9.63. The van der Waals surface area contributed by atoms with Crippen LogP contribution < -0.4 is 0 Å². The van der Waals surface area contributed by atoms with E-state index in [1.807, 2.05) is 27.0 Å². The van der Waals surface area contributed by atoms with Crippen molar-refractivity contribution in [3.8, 4) is 0 Å². The molecule has 2 N–H and O–H groups in total. The van der Waals surface area contributed by atoms with Crippen LogP contribution in [0.5, 0.6) is 0 Å². The highest BCUT2D eigenvalue weighted by atomic mass is 16.5. The summed E-state index contributed by atoms with van der Waals surface area (Å²) in [5, 5.41) is 21.0. The molecule has 0 aromatic heterocycles. The Labute approximate surface area is 209 Å². The molecule has 4 aliphatic rings. The Balaban J connectivity index is 1.69. The van der Waals surface area contributed by atoms with E-state index in [9.17, 15) is 10.2 Å². The topological polar surface area (TPSA) is 49.7 Å². The van der Waals surface area contributed by atoms with Crippen molar-refractivity contribution in [1.29, 1.82) is 0 Å². The fraction of sp³-hybridized carbons (Fsp3) is 0.871. The molecule has 3 saturated carbocycles. The van der Waals surface area contributed by atoms with Gasteiger partial charge in [-0.3, -0.25) is 0 Å². The zero-order valence-corrected chi connectivity index (χ0v) is 23.4. The van der Waals surface area contributed by atoms with E-state index in [0.717, 1.165) is 19.3 Å². The SMILES string of the molecule is COC1C=C2C(CC[C@H](O)C2(C)C)[C@]2(C)CC[C@]3(C)C([C@H](C)C/C=C/C(C)(C)O)CC[C@@]3(C)C12. The number of aliphatic hydroxyl groups is 2. The maximum Gasteiger partial charge on any atom is 0.0793 e. The predicted octanol–water partition coefficient (Wildman–Crippen LogP) is 6.93. The van der Waals surface area contributed by atoms with Crippen LogP contribution in [-0.4, -0.2) is 35.1 Å². The number of hydrogen-bond donors (Lipinski definition) is 2. The minimum atomic E-state index is -0.736. The van der Waals surface area contributed by atoms with Gasteiger partial charge in [-0.25, -0.2) is 0 Å². The molecule has 4 rings (SSSR count). The molecule has 0 bridgehead atoms. The first kappa shape index (κ1) is 26.4. The van der Waals surface area contributed by atoms with Crippen molar-refractivity contribution in [2.45, 2.75) is 118 Å². The second kappa shape index (κ2) is 8.45. The third-order valence-corrected chi connectivity index (χ3v) is 11.8. The van der Waals surface area contributed by atoms with Crippen LogP contribution in [0, 0.1) is 45.3 Å². The van der Waals surface area contributed by atoms with Crippen molar-refractivity contribution in [3.63, 3.8) is 0 Å². The summed E-state index contributed by atoms with van der Waals surface area (Å²) in [6, 6.07) is 0. The van der Waals surface area contributed by atoms with Gasteiger partial charge in [0.1, 0.15) is 0 Å². The summed E-state index contributed by atoms with van der Waals surface area (Å²) in [4.78, 5) is 0. The highest BCUT2D eigenvalue weighted by molar-refractivity contribution is 5.32. The van der Waals surface area contributed by atoms with Gasteiger partial charge < -0.3 is 14.9 Å². The third-order valence-electron chi connectivity index (χ3n) is 11.8. The van der Waals surface area contributed by atoms with Crippen molar-refractivity contribution in [3.05, 3.63) is 23.8 Å². The maximum atomic E-state index is 10.9. The normalized spacial score (nSPS) is 47.0. The van der Waals surface area contributed by atoms with Crippen LogP contribution in [0.15, 0.2) is 23.8 Å². The summed E-state index contributed by atoms with van der Waals surface area (Å²) in [7, 11) is 1.90. The monoisotopic (exact) mass is 472 g/mol. The largest absolute Gasteiger partial charge is 0.392 e. The number of aliphatic hydroxyl groups excluding tert-OH is 1. The van der Waals surface area contributed by atoms with E-state index in [-0.39, 0.29) is 28.5 Å². The van der Waals surface area contributed by atoms with Gasteiger partial charge in [0.25, 0.3) is 0 Å². The Morgan fingerprint density at radius 2 is 1.74 bits per heavy atom. The second-order valence-electron chi connectivity index (χ2n) is 14.4. The van der Waals surface area contributed by atoms with Crippen LogP contribution in [0.2, 0.25) is 0 Å². The molecule has 0 aromatic carbocycles. The van der Waals surface area contributed by atoms with Crippen molar-refractivity contribution in [1.82, 2.24) is 0 Å². The van der Waals surface area contributed by atoms with Crippen molar-refractivity contribution < 1.29 is 14.9 Å². The van der Waals surface area contributed by atoms with Crippen LogP contribution in [-0.2, 0) is 4.74 Å². The molecule has 0 saturated heterocycles. The van der Waals surface area contributed by atoms with E-state index < -0.39 is 5.60 Å². The molecule has 9 atom stereocenters. The summed E-state index contributed by atoms with van der Waals surface area (Å²) in [6.45, 7) is 18.4. The summed E-state index contributed by atoms with van der Waals surface area (Å²) < 4.78 is 6.32. The van der Waals surface area contributed by atoms with Crippen LogP contribution in [0.3, 0.4) is 0 Å². The van der Waals surface area contributed by atoms with E-state index in [1.165, 1.54) is 31.3 Å². The third kappa shape index (κ3) is 3.79. The van der Waals surface area contributed by atoms with Crippen LogP contribution >= 0.6 is 0 Å². The van der Waals surface area contributed by atoms with Crippen molar-refractivity contribution in [2.24, 2.45) is 45.3 Å². The summed E-state index contributed by atoms with van der Waals surface area (Å²) >= 11 is 0. The second-order valence-corrected chi connectivity index (χ2v) is 14.4. The van der Waals surface area contributed by atoms with E-state index >= 15 is 0 Å². The van der Waals surface area contributed by atoms with Gasteiger partial charge in [-0.2, -0.15) is 0 Å².